The Hall–Kier alpha value is -1.23. The molecule has 1 saturated heterocycles. The van der Waals surface area contributed by atoms with Crippen molar-refractivity contribution in [1.82, 2.24) is 10.3 Å². The first-order valence-corrected chi connectivity index (χ1v) is 6.44. The Bertz CT molecular complexity index is 398. The minimum Gasteiger partial charge on any atom is -0.351 e. The molecule has 1 aromatic heterocycles. The highest BCUT2D eigenvalue weighted by atomic mass is 19.1. The Kier molecular flexibility index (Phi) is 4.47. The van der Waals surface area contributed by atoms with Crippen LogP contribution in [0.4, 0.5) is 14.6 Å². The zero-order valence-corrected chi connectivity index (χ0v) is 10.6. The Morgan fingerprint density at radius 3 is 3.00 bits per heavy atom. The number of anilines is 1. The number of piperidine rings is 1. The van der Waals surface area contributed by atoms with E-state index in [1.54, 1.807) is 0 Å². The standard InChI is InChI=1S/C13H19F2N3/c1-16-6-5-11-4-2-3-7-18(11)13-12(15)8-10(14)9-17-13/h8-9,11,16H,2-7H2,1H3. The molecule has 1 unspecified atom stereocenters. The first kappa shape index (κ1) is 13.2. The van der Waals surface area contributed by atoms with Gasteiger partial charge in [-0.3, -0.25) is 0 Å². The van der Waals surface area contributed by atoms with Gasteiger partial charge in [-0.1, -0.05) is 0 Å². The summed E-state index contributed by atoms with van der Waals surface area (Å²) in [6.45, 7) is 1.69. The van der Waals surface area contributed by atoms with Crippen LogP contribution in [0.1, 0.15) is 25.7 Å². The Morgan fingerprint density at radius 2 is 2.28 bits per heavy atom. The van der Waals surface area contributed by atoms with E-state index in [4.69, 9.17) is 0 Å². The Morgan fingerprint density at radius 1 is 1.44 bits per heavy atom. The van der Waals surface area contributed by atoms with Crippen LogP contribution in [0.15, 0.2) is 12.3 Å². The van der Waals surface area contributed by atoms with Gasteiger partial charge in [0, 0.05) is 18.7 Å². The lowest BCUT2D eigenvalue weighted by atomic mass is 9.99. The Labute approximate surface area is 106 Å². The zero-order chi connectivity index (χ0) is 13.0. The predicted octanol–water partition coefficient (Wildman–Crippen LogP) is 2.33. The maximum absolute atomic E-state index is 13.8. The topological polar surface area (TPSA) is 28.2 Å². The molecular weight excluding hydrogens is 236 g/mol. The number of nitrogens with one attached hydrogen (secondary N) is 1. The molecule has 2 rings (SSSR count). The minimum atomic E-state index is -0.625. The molecule has 1 atom stereocenters. The van der Waals surface area contributed by atoms with E-state index in [9.17, 15) is 8.78 Å². The SMILES string of the molecule is CNCCC1CCCCN1c1ncc(F)cc1F. The summed E-state index contributed by atoms with van der Waals surface area (Å²) in [5.74, 6) is -0.899. The molecule has 0 radical (unpaired) electrons. The lowest BCUT2D eigenvalue weighted by Gasteiger charge is -2.36. The second kappa shape index (κ2) is 6.09. The summed E-state index contributed by atoms with van der Waals surface area (Å²) in [5, 5.41) is 3.11. The van der Waals surface area contributed by atoms with Crippen molar-refractivity contribution in [3.63, 3.8) is 0 Å². The molecule has 1 aromatic rings. The molecule has 100 valence electrons. The number of nitrogens with zero attached hydrogens (tertiary/aromatic N) is 2. The van der Waals surface area contributed by atoms with Crippen LogP contribution in [0.5, 0.6) is 0 Å². The highest BCUT2D eigenvalue weighted by Crippen LogP contribution is 2.27. The van der Waals surface area contributed by atoms with Gasteiger partial charge in [-0.25, -0.2) is 13.8 Å². The van der Waals surface area contributed by atoms with Crippen molar-refractivity contribution in [2.45, 2.75) is 31.7 Å². The highest BCUT2D eigenvalue weighted by molar-refractivity contribution is 5.41. The van der Waals surface area contributed by atoms with Crippen molar-refractivity contribution >= 4 is 5.82 Å². The molecule has 0 spiro atoms. The molecule has 2 heterocycles. The van der Waals surface area contributed by atoms with Crippen LogP contribution in [0.2, 0.25) is 0 Å². The predicted molar refractivity (Wildman–Crippen MR) is 67.7 cm³/mol. The molecular formula is C13H19F2N3. The fourth-order valence-electron chi connectivity index (χ4n) is 2.51. The quantitative estimate of drug-likeness (QED) is 0.895. The molecule has 0 bridgehead atoms. The van der Waals surface area contributed by atoms with Gasteiger partial charge in [0.25, 0.3) is 0 Å². The van der Waals surface area contributed by atoms with E-state index in [0.29, 0.717) is 6.04 Å². The molecule has 0 aromatic carbocycles. The Balaban J connectivity index is 2.16. The van der Waals surface area contributed by atoms with Crippen molar-refractivity contribution in [1.29, 1.82) is 0 Å². The molecule has 5 heteroatoms. The summed E-state index contributed by atoms with van der Waals surface area (Å²) in [7, 11) is 1.91. The lowest BCUT2D eigenvalue weighted by molar-refractivity contribution is 0.423. The molecule has 0 aliphatic carbocycles. The molecule has 18 heavy (non-hydrogen) atoms. The third-order valence-electron chi connectivity index (χ3n) is 3.42. The van der Waals surface area contributed by atoms with Crippen molar-refractivity contribution in [3.8, 4) is 0 Å². The van der Waals surface area contributed by atoms with Gasteiger partial charge >= 0.3 is 0 Å². The summed E-state index contributed by atoms with van der Waals surface area (Å²) in [5.41, 5.74) is 0. The van der Waals surface area contributed by atoms with Gasteiger partial charge < -0.3 is 10.2 Å². The van der Waals surface area contributed by atoms with Gasteiger partial charge in [-0.2, -0.15) is 0 Å². The van der Waals surface area contributed by atoms with Gasteiger partial charge in [0.1, 0.15) is 5.82 Å². The van der Waals surface area contributed by atoms with E-state index in [1.165, 1.54) is 0 Å². The number of hydrogen-bond donors (Lipinski definition) is 1. The van der Waals surface area contributed by atoms with Crippen LogP contribution in [-0.4, -0.2) is 31.2 Å². The first-order valence-electron chi connectivity index (χ1n) is 6.44. The largest absolute Gasteiger partial charge is 0.351 e. The van der Waals surface area contributed by atoms with E-state index in [0.717, 1.165) is 51.0 Å². The van der Waals surface area contributed by atoms with Gasteiger partial charge in [0.15, 0.2) is 11.6 Å². The molecule has 1 N–H and O–H groups in total. The lowest BCUT2D eigenvalue weighted by Crippen LogP contribution is -2.42. The van der Waals surface area contributed by atoms with Gasteiger partial charge in [0.05, 0.1) is 6.20 Å². The molecule has 0 amide bonds. The maximum Gasteiger partial charge on any atom is 0.168 e. The first-order chi connectivity index (χ1) is 8.72. The summed E-state index contributed by atoms with van der Waals surface area (Å²) in [4.78, 5) is 5.90. The fraction of sp³-hybridized carbons (Fsp3) is 0.615. The summed E-state index contributed by atoms with van der Waals surface area (Å²) < 4.78 is 26.7. The van der Waals surface area contributed by atoms with Gasteiger partial charge in [-0.05, 0) is 39.3 Å². The van der Waals surface area contributed by atoms with Crippen molar-refractivity contribution in [3.05, 3.63) is 23.9 Å². The monoisotopic (exact) mass is 255 g/mol. The molecule has 1 aliphatic heterocycles. The van der Waals surface area contributed by atoms with Crippen LogP contribution in [0.25, 0.3) is 0 Å². The number of aromatic nitrogens is 1. The summed E-state index contributed by atoms with van der Waals surface area (Å²) in [6, 6.07) is 1.20. The molecule has 3 nitrogen and oxygen atoms in total. The van der Waals surface area contributed by atoms with E-state index in [2.05, 4.69) is 10.3 Å². The normalized spacial score (nSPS) is 20.2. The van der Waals surface area contributed by atoms with E-state index >= 15 is 0 Å². The van der Waals surface area contributed by atoms with Gasteiger partial charge in [-0.15, -0.1) is 0 Å². The molecule has 1 fully saturated rings. The molecule has 1 aliphatic rings. The average Bonchev–Trinajstić information content (AvgIpc) is 2.37. The number of pyridine rings is 1. The van der Waals surface area contributed by atoms with Crippen molar-refractivity contribution < 1.29 is 8.78 Å². The van der Waals surface area contributed by atoms with Crippen LogP contribution in [0, 0.1) is 11.6 Å². The smallest absolute Gasteiger partial charge is 0.168 e. The average molecular weight is 255 g/mol. The third kappa shape index (κ3) is 2.96. The summed E-state index contributed by atoms with van der Waals surface area (Å²) >= 11 is 0. The second-order valence-corrected chi connectivity index (χ2v) is 4.69. The van der Waals surface area contributed by atoms with Crippen LogP contribution in [-0.2, 0) is 0 Å². The number of hydrogen-bond acceptors (Lipinski definition) is 3. The van der Waals surface area contributed by atoms with Gasteiger partial charge in [0.2, 0.25) is 0 Å². The fourth-order valence-corrected chi connectivity index (χ4v) is 2.51. The zero-order valence-electron chi connectivity index (χ0n) is 10.6. The molecule has 0 saturated carbocycles. The number of halogens is 2. The maximum atomic E-state index is 13.8. The highest BCUT2D eigenvalue weighted by Gasteiger charge is 2.25. The van der Waals surface area contributed by atoms with E-state index < -0.39 is 11.6 Å². The van der Waals surface area contributed by atoms with Crippen LogP contribution in [0.3, 0.4) is 0 Å². The minimum absolute atomic E-state index is 0.289. The van der Waals surface area contributed by atoms with Crippen LogP contribution >= 0.6 is 0 Å². The van der Waals surface area contributed by atoms with Crippen molar-refractivity contribution in [2.75, 3.05) is 25.0 Å². The van der Waals surface area contributed by atoms with Crippen LogP contribution < -0.4 is 10.2 Å². The van der Waals surface area contributed by atoms with E-state index in [1.807, 2.05) is 11.9 Å². The van der Waals surface area contributed by atoms with E-state index in [-0.39, 0.29) is 5.82 Å². The number of rotatable bonds is 4. The summed E-state index contributed by atoms with van der Waals surface area (Å²) in [6.07, 6.45) is 5.28. The second-order valence-electron chi connectivity index (χ2n) is 4.69. The van der Waals surface area contributed by atoms with Crippen molar-refractivity contribution in [2.24, 2.45) is 0 Å². The third-order valence-corrected chi connectivity index (χ3v) is 3.42.